The largest absolute Gasteiger partial charge is 0.371 e. The Hall–Kier alpha value is -3.04. The topological polar surface area (TPSA) is 18.5 Å². The maximum absolute atomic E-state index is 3.52. The van der Waals surface area contributed by atoms with E-state index in [1.54, 1.807) is 0 Å². The average molecular weight is 422 g/mol. The van der Waals surface area contributed by atoms with Gasteiger partial charge < -0.3 is 15.1 Å². The highest BCUT2D eigenvalue weighted by molar-refractivity contribution is 6.08. The van der Waals surface area contributed by atoms with Gasteiger partial charge in [-0.3, -0.25) is 0 Å². The van der Waals surface area contributed by atoms with Crippen LogP contribution in [0.2, 0.25) is 0 Å². The Morgan fingerprint density at radius 3 is 2.00 bits per heavy atom. The lowest BCUT2D eigenvalue weighted by Gasteiger charge is -2.34. The summed E-state index contributed by atoms with van der Waals surface area (Å²) in [6, 6.07) is 27.3. The number of nitrogens with zero attached hydrogens (tertiary/aromatic N) is 2. The van der Waals surface area contributed by atoms with Crippen LogP contribution in [0.15, 0.2) is 72.8 Å². The average Bonchev–Trinajstić information content (AvgIpc) is 2.88. The van der Waals surface area contributed by atoms with Crippen molar-refractivity contribution >= 4 is 32.9 Å². The van der Waals surface area contributed by atoms with Gasteiger partial charge in [-0.2, -0.15) is 0 Å². The minimum absolute atomic E-state index is 1.04. The highest BCUT2D eigenvalue weighted by Crippen LogP contribution is 2.44. The molecule has 0 radical (unpaired) electrons. The number of piperidine rings is 1. The van der Waals surface area contributed by atoms with E-state index in [9.17, 15) is 0 Å². The fraction of sp³-hybridized carbons (Fsp3) is 0.310. The van der Waals surface area contributed by atoms with Gasteiger partial charge in [-0.15, -0.1) is 0 Å². The lowest BCUT2D eigenvalue weighted by atomic mass is 9.91. The van der Waals surface area contributed by atoms with E-state index in [-0.39, 0.29) is 0 Å². The molecule has 6 rings (SSSR count). The van der Waals surface area contributed by atoms with E-state index in [0.29, 0.717) is 0 Å². The molecule has 2 aliphatic rings. The SMILES string of the molecule is c1ccc2cc(N3CCNCC3)c(-c3c(N4CCCCC4)ccc4ccccc34)cc2c1. The summed E-state index contributed by atoms with van der Waals surface area (Å²) >= 11 is 0. The van der Waals surface area contributed by atoms with Gasteiger partial charge in [-0.1, -0.05) is 54.6 Å². The second kappa shape index (κ2) is 8.48. The van der Waals surface area contributed by atoms with E-state index in [4.69, 9.17) is 0 Å². The Morgan fingerprint density at radius 1 is 0.562 bits per heavy atom. The maximum atomic E-state index is 3.52. The van der Waals surface area contributed by atoms with Crippen LogP contribution in [-0.2, 0) is 0 Å². The van der Waals surface area contributed by atoms with E-state index >= 15 is 0 Å². The first-order chi connectivity index (χ1) is 15.9. The molecule has 1 N–H and O–H groups in total. The van der Waals surface area contributed by atoms with Crippen LogP contribution in [0.4, 0.5) is 11.4 Å². The van der Waals surface area contributed by atoms with Crippen molar-refractivity contribution in [3.63, 3.8) is 0 Å². The van der Waals surface area contributed by atoms with Crippen LogP contribution in [0.5, 0.6) is 0 Å². The van der Waals surface area contributed by atoms with Crippen molar-refractivity contribution in [2.75, 3.05) is 49.1 Å². The van der Waals surface area contributed by atoms with Gasteiger partial charge in [-0.05, 0) is 59.0 Å². The number of hydrogen-bond donors (Lipinski definition) is 1. The van der Waals surface area contributed by atoms with Crippen LogP contribution >= 0.6 is 0 Å². The van der Waals surface area contributed by atoms with Crippen molar-refractivity contribution in [3.8, 4) is 11.1 Å². The lowest BCUT2D eigenvalue weighted by Crippen LogP contribution is -2.43. The highest BCUT2D eigenvalue weighted by atomic mass is 15.2. The number of hydrogen-bond acceptors (Lipinski definition) is 3. The summed E-state index contributed by atoms with van der Waals surface area (Å²) in [6.45, 7) is 6.50. The molecular formula is C29H31N3. The van der Waals surface area contributed by atoms with Crippen LogP contribution in [0, 0.1) is 0 Å². The van der Waals surface area contributed by atoms with Gasteiger partial charge in [-0.25, -0.2) is 0 Å². The fourth-order valence-electron chi connectivity index (χ4n) is 5.54. The normalized spacial score (nSPS) is 17.2. The van der Waals surface area contributed by atoms with Crippen molar-refractivity contribution in [2.24, 2.45) is 0 Å². The maximum Gasteiger partial charge on any atom is 0.0454 e. The smallest absolute Gasteiger partial charge is 0.0454 e. The number of rotatable bonds is 3. The van der Waals surface area contributed by atoms with Crippen molar-refractivity contribution < 1.29 is 0 Å². The molecule has 4 aromatic carbocycles. The molecule has 2 fully saturated rings. The fourth-order valence-corrected chi connectivity index (χ4v) is 5.54. The minimum Gasteiger partial charge on any atom is -0.371 e. The van der Waals surface area contributed by atoms with Crippen LogP contribution in [0.25, 0.3) is 32.7 Å². The zero-order valence-corrected chi connectivity index (χ0v) is 18.7. The summed E-state index contributed by atoms with van der Waals surface area (Å²) in [5.74, 6) is 0. The molecule has 32 heavy (non-hydrogen) atoms. The Bertz CT molecular complexity index is 1250. The van der Waals surface area contributed by atoms with Gasteiger partial charge >= 0.3 is 0 Å². The first-order valence-electron chi connectivity index (χ1n) is 12.1. The summed E-state index contributed by atoms with van der Waals surface area (Å²) in [4.78, 5) is 5.21. The van der Waals surface area contributed by atoms with Gasteiger partial charge in [0.1, 0.15) is 0 Å². The Kier molecular flexibility index (Phi) is 5.20. The Balaban J connectivity index is 1.64. The second-order valence-electron chi connectivity index (χ2n) is 9.18. The van der Waals surface area contributed by atoms with Gasteiger partial charge in [0.25, 0.3) is 0 Å². The van der Waals surface area contributed by atoms with Crippen molar-refractivity contribution in [1.82, 2.24) is 5.32 Å². The Labute approximate surface area is 190 Å². The van der Waals surface area contributed by atoms with E-state index in [1.165, 1.54) is 63.3 Å². The molecule has 0 spiro atoms. The van der Waals surface area contributed by atoms with Crippen LogP contribution in [0.3, 0.4) is 0 Å². The molecule has 0 bridgehead atoms. The molecule has 2 heterocycles. The van der Waals surface area contributed by atoms with Crippen molar-refractivity contribution in [1.29, 1.82) is 0 Å². The molecular weight excluding hydrogens is 390 g/mol. The molecule has 0 aliphatic carbocycles. The Morgan fingerprint density at radius 2 is 1.22 bits per heavy atom. The molecule has 0 saturated carbocycles. The first-order valence-corrected chi connectivity index (χ1v) is 12.1. The number of benzene rings is 4. The van der Waals surface area contributed by atoms with Crippen LogP contribution in [0.1, 0.15) is 19.3 Å². The third-order valence-corrected chi connectivity index (χ3v) is 7.19. The number of anilines is 2. The van der Waals surface area contributed by atoms with Gasteiger partial charge in [0.15, 0.2) is 0 Å². The molecule has 2 aliphatic heterocycles. The van der Waals surface area contributed by atoms with E-state index in [0.717, 1.165) is 39.3 Å². The van der Waals surface area contributed by atoms with Crippen LogP contribution in [-0.4, -0.2) is 39.3 Å². The van der Waals surface area contributed by atoms with E-state index in [1.807, 2.05) is 0 Å². The summed E-state index contributed by atoms with van der Waals surface area (Å²) in [5, 5.41) is 8.85. The quantitative estimate of drug-likeness (QED) is 0.434. The summed E-state index contributed by atoms with van der Waals surface area (Å²) < 4.78 is 0. The molecule has 0 unspecified atom stereocenters. The summed E-state index contributed by atoms with van der Waals surface area (Å²) in [5.41, 5.74) is 5.56. The van der Waals surface area contributed by atoms with Crippen LogP contribution < -0.4 is 15.1 Å². The molecule has 0 aromatic heterocycles. The predicted octanol–water partition coefficient (Wildman–Crippen LogP) is 6.06. The molecule has 162 valence electrons. The third-order valence-electron chi connectivity index (χ3n) is 7.19. The van der Waals surface area contributed by atoms with Gasteiger partial charge in [0.05, 0.1) is 0 Å². The van der Waals surface area contributed by atoms with Gasteiger partial charge in [0.2, 0.25) is 0 Å². The van der Waals surface area contributed by atoms with Crippen molar-refractivity contribution in [3.05, 3.63) is 72.8 Å². The third kappa shape index (κ3) is 3.51. The molecule has 0 amide bonds. The molecule has 2 saturated heterocycles. The zero-order chi connectivity index (χ0) is 21.3. The second-order valence-corrected chi connectivity index (χ2v) is 9.18. The zero-order valence-electron chi connectivity index (χ0n) is 18.7. The number of piperazine rings is 1. The predicted molar refractivity (Wildman–Crippen MR) is 138 cm³/mol. The lowest BCUT2D eigenvalue weighted by molar-refractivity contribution is 0.578. The number of nitrogens with one attached hydrogen (secondary N) is 1. The van der Waals surface area contributed by atoms with Crippen molar-refractivity contribution in [2.45, 2.75) is 19.3 Å². The molecule has 3 nitrogen and oxygen atoms in total. The summed E-state index contributed by atoms with van der Waals surface area (Å²) in [7, 11) is 0. The highest BCUT2D eigenvalue weighted by Gasteiger charge is 2.23. The molecule has 4 aromatic rings. The van der Waals surface area contributed by atoms with E-state index in [2.05, 4.69) is 87.9 Å². The molecule has 0 atom stereocenters. The monoisotopic (exact) mass is 421 g/mol. The minimum atomic E-state index is 1.04. The standard InChI is InChI=1S/C29H31N3/c1-6-16-31(17-7-1)27-13-12-22-8-4-5-11-25(22)29(27)26-20-23-9-2-3-10-24(23)21-28(26)32-18-14-30-15-19-32/h2-5,8-13,20-21,30H,1,6-7,14-19H2. The first kappa shape index (κ1) is 19.6. The number of fused-ring (bicyclic) bond motifs is 2. The molecule has 3 heteroatoms. The summed E-state index contributed by atoms with van der Waals surface area (Å²) in [6.07, 6.45) is 3.92. The van der Waals surface area contributed by atoms with Gasteiger partial charge in [0, 0.05) is 61.8 Å². The van der Waals surface area contributed by atoms with E-state index < -0.39 is 0 Å².